The molecule has 0 unspecified atom stereocenters. The number of para-hydroxylation sites is 1. The molecular weight excluding hydrogens is 1070 g/mol. The molecule has 5 N–H and O–H groups in total. The Labute approximate surface area is 472 Å². The number of nitrogens with one attached hydrogen (secondary N) is 5. The van der Waals surface area contributed by atoms with E-state index in [1.54, 1.807) is 51.2 Å². The highest BCUT2D eigenvalue weighted by Gasteiger charge is 2.48. The smallest absolute Gasteiger partial charge is 0.252 e. The third-order valence-electron chi connectivity index (χ3n) is 15.8. The zero-order chi connectivity index (χ0) is 53.1. The average Bonchev–Trinajstić information content (AvgIpc) is 4.03. The van der Waals surface area contributed by atoms with Crippen molar-refractivity contribution in [3.8, 4) is 0 Å². The van der Waals surface area contributed by atoms with Gasteiger partial charge in [-0.2, -0.15) is 0 Å². The number of hydrogen-bond donors (Lipinski definition) is 5. The van der Waals surface area contributed by atoms with Gasteiger partial charge in [0.2, 0.25) is 23.6 Å². The molecule has 0 bridgehead atoms. The molecular formula is C56H71Cl3F3N9O7. The zero-order valence-corrected chi connectivity index (χ0v) is 46.9. The summed E-state index contributed by atoms with van der Waals surface area (Å²) in [7, 11) is 1.62. The fraction of sp³-hybridized carbons (Fsp3) is 0.482. The molecule has 4 aromatic rings. The molecule has 0 radical (unpaired) electrons. The van der Waals surface area contributed by atoms with E-state index >= 15 is 23.2 Å². The monoisotopic (exact) mass is 1140 g/mol. The Bertz CT molecular complexity index is 2780. The number of imide groups is 1. The van der Waals surface area contributed by atoms with Crippen molar-refractivity contribution in [3.05, 3.63) is 124 Å². The number of hydrogen-bond acceptors (Lipinski definition) is 12. The van der Waals surface area contributed by atoms with Crippen LogP contribution in [0.25, 0.3) is 0 Å². The van der Waals surface area contributed by atoms with Crippen molar-refractivity contribution in [2.24, 2.45) is 5.92 Å². The van der Waals surface area contributed by atoms with E-state index in [9.17, 15) is 14.0 Å². The van der Waals surface area contributed by atoms with Gasteiger partial charge in [0, 0.05) is 76.3 Å². The SMILES string of the molecule is CN[C@@H](C)C(=O)N[C@H](C(=O)N1Cc2ccc(N(C(=O)CN3C[C@@H](C)NC[C@@H]3CN3CCOC[C@H]3C)C(=O)[C@@]3(C)CNc4cc(Cc5ccc(F)cc5)ccc43)cc2[C@H]1C(=O)Nc1c(F)cccc1F)C1CCOCC1.Cl.Cl.Cl. The molecule has 5 aliphatic heterocycles. The average molecular weight is 1150 g/mol. The molecule has 16 nitrogen and oxygen atoms in total. The summed E-state index contributed by atoms with van der Waals surface area (Å²) in [6, 6.07) is 16.9. The third kappa shape index (κ3) is 13.3. The first kappa shape index (κ1) is 61.9. The molecule has 5 amide bonds. The van der Waals surface area contributed by atoms with Gasteiger partial charge in [0.05, 0.1) is 36.9 Å². The number of fused-ring (bicyclic) bond motifs is 2. The summed E-state index contributed by atoms with van der Waals surface area (Å²) in [5.41, 5.74) is 2.07. The number of likely N-dealkylation sites (N-methyl/N-ethyl adjacent to an activating group) is 1. The fourth-order valence-corrected chi connectivity index (χ4v) is 11.2. The largest absolute Gasteiger partial charge is 0.383 e. The van der Waals surface area contributed by atoms with Gasteiger partial charge in [-0.25, -0.2) is 18.1 Å². The van der Waals surface area contributed by atoms with Crippen molar-refractivity contribution in [1.82, 2.24) is 30.7 Å². The van der Waals surface area contributed by atoms with Crippen LogP contribution in [0.1, 0.15) is 74.4 Å². The van der Waals surface area contributed by atoms with Crippen molar-refractivity contribution < 1.29 is 46.6 Å². The van der Waals surface area contributed by atoms with Gasteiger partial charge in [0.25, 0.3) is 5.91 Å². The quantitative estimate of drug-likeness (QED) is 0.0923. The lowest BCUT2D eigenvalue weighted by atomic mass is 9.82. The Kier molecular flexibility index (Phi) is 21.2. The molecule has 78 heavy (non-hydrogen) atoms. The van der Waals surface area contributed by atoms with E-state index in [2.05, 4.69) is 43.3 Å². The first-order valence-electron chi connectivity index (χ1n) is 26.0. The van der Waals surface area contributed by atoms with E-state index in [0.29, 0.717) is 82.1 Å². The number of rotatable bonds is 15. The van der Waals surface area contributed by atoms with E-state index < -0.39 is 70.4 Å². The lowest BCUT2D eigenvalue weighted by Gasteiger charge is -2.44. The minimum Gasteiger partial charge on any atom is -0.383 e. The number of piperazine rings is 1. The predicted octanol–water partition coefficient (Wildman–Crippen LogP) is 6.13. The number of amides is 5. The van der Waals surface area contributed by atoms with Gasteiger partial charge in [-0.3, -0.25) is 33.8 Å². The Hall–Kier alpha value is -5.35. The van der Waals surface area contributed by atoms with Crippen molar-refractivity contribution in [3.63, 3.8) is 0 Å². The first-order valence-corrected chi connectivity index (χ1v) is 26.0. The summed E-state index contributed by atoms with van der Waals surface area (Å²) in [4.78, 5) is 81.7. The molecule has 9 rings (SSSR count). The van der Waals surface area contributed by atoms with Crippen LogP contribution in [0.15, 0.2) is 78.9 Å². The normalized spacial score (nSPS) is 22.9. The molecule has 5 aliphatic rings. The molecule has 0 spiro atoms. The predicted molar refractivity (Wildman–Crippen MR) is 299 cm³/mol. The van der Waals surface area contributed by atoms with Crippen LogP contribution in [0.3, 0.4) is 0 Å². The lowest BCUT2D eigenvalue weighted by molar-refractivity contribution is -0.144. The van der Waals surface area contributed by atoms with Crippen LogP contribution in [0.2, 0.25) is 0 Å². The zero-order valence-electron chi connectivity index (χ0n) is 44.5. The van der Waals surface area contributed by atoms with Crippen LogP contribution in [-0.4, -0.2) is 147 Å². The second kappa shape index (κ2) is 26.7. The number of anilines is 3. The fourth-order valence-electron chi connectivity index (χ4n) is 11.2. The van der Waals surface area contributed by atoms with Gasteiger partial charge >= 0.3 is 0 Å². The van der Waals surface area contributed by atoms with Crippen LogP contribution in [0.5, 0.6) is 0 Å². The molecule has 424 valence electrons. The molecule has 0 aromatic heterocycles. The van der Waals surface area contributed by atoms with Crippen molar-refractivity contribution >= 4 is 83.8 Å². The standard InChI is InChI=1S/C56H68F3N9O7.3ClH/c1-33-27-66(42(26-61-33)29-65-19-22-75-31-34(65)2)30-48(69)68(55(73)56(4)32-62-47-24-37(11-16-44(47)56)23-36-9-13-40(57)14-10-36)41-15-12-39-28-67(51(43(39)25-41)53(71)64-50-45(58)7-6-8-46(50)59)54(72)49(38-17-20-74-21-18-38)63-52(70)35(3)60-5;;;/h6-16,24-25,33-35,38,42,49,51,60-62H,17-23,26-32H2,1-5H3,(H,63,70)(H,64,71);3*1H/t33-,34-,35+,42-,49+,51+,56+;;;/m1.../s1. The Morgan fingerprint density at radius 3 is 2.27 bits per heavy atom. The van der Waals surface area contributed by atoms with Crippen LogP contribution < -0.4 is 31.5 Å². The molecule has 7 atom stereocenters. The number of ether oxygens (including phenoxy) is 2. The highest BCUT2D eigenvalue weighted by molar-refractivity contribution is 6.20. The minimum absolute atomic E-state index is 0. The van der Waals surface area contributed by atoms with E-state index in [1.807, 2.05) is 25.1 Å². The molecule has 22 heteroatoms. The molecule has 4 aromatic carbocycles. The van der Waals surface area contributed by atoms with Gasteiger partial charge in [0.1, 0.15) is 35.2 Å². The highest BCUT2D eigenvalue weighted by atomic mass is 35.5. The Morgan fingerprint density at radius 2 is 1.58 bits per heavy atom. The molecule has 5 heterocycles. The molecule has 0 saturated carbocycles. The number of morpholine rings is 1. The van der Waals surface area contributed by atoms with Crippen molar-refractivity contribution in [2.45, 2.75) is 95.2 Å². The number of benzene rings is 4. The number of nitrogens with zero attached hydrogens (tertiary/aromatic N) is 4. The van der Waals surface area contributed by atoms with Crippen LogP contribution in [0, 0.1) is 23.4 Å². The first-order chi connectivity index (χ1) is 36.0. The second-order valence-electron chi connectivity index (χ2n) is 21.0. The topological polar surface area (TPSA) is 177 Å². The molecule has 3 fully saturated rings. The van der Waals surface area contributed by atoms with E-state index in [0.717, 1.165) is 29.8 Å². The minimum atomic E-state index is -1.53. The van der Waals surface area contributed by atoms with E-state index in [1.165, 1.54) is 28.0 Å². The molecule has 0 aliphatic carbocycles. The van der Waals surface area contributed by atoms with Gasteiger partial charge in [-0.05, 0) is 130 Å². The van der Waals surface area contributed by atoms with E-state index in [4.69, 9.17) is 9.47 Å². The van der Waals surface area contributed by atoms with Crippen LogP contribution in [0.4, 0.5) is 30.2 Å². The Balaban J connectivity index is 0.00000328. The summed E-state index contributed by atoms with van der Waals surface area (Å²) in [5, 5.41) is 15.2. The van der Waals surface area contributed by atoms with Crippen LogP contribution in [-0.2, 0) is 51.8 Å². The maximum absolute atomic E-state index is 15.8. The third-order valence-corrected chi connectivity index (χ3v) is 15.8. The number of carbonyl (C=O) groups excluding carboxylic acids is 5. The second-order valence-corrected chi connectivity index (χ2v) is 21.0. The summed E-state index contributed by atoms with van der Waals surface area (Å²) in [6.07, 6.45) is 1.40. The number of halogens is 6. The summed E-state index contributed by atoms with van der Waals surface area (Å²) >= 11 is 0. The van der Waals surface area contributed by atoms with Crippen LogP contribution >= 0.6 is 37.2 Å². The Morgan fingerprint density at radius 1 is 0.872 bits per heavy atom. The highest BCUT2D eigenvalue weighted by Crippen LogP contribution is 2.43. The van der Waals surface area contributed by atoms with Crippen molar-refractivity contribution in [2.75, 3.05) is 88.3 Å². The van der Waals surface area contributed by atoms with E-state index in [-0.39, 0.29) is 98.0 Å². The number of carbonyl (C=O) groups is 5. The maximum Gasteiger partial charge on any atom is 0.252 e. The summed E-state index contributed by atoms with van der Waals surface area (Å²) in [5.74, 6) is -5.80. The van der Waals surface area contributed by atoms with Crippen molar-refractivity contribution in [1.29, 1.82) is 0 Å². The maximum atomic E-state index is 15.8. The molecule has 3 saturated heterocycles. The van der Waals surface area contributed by atoms with Gasteiger partial charge in [0.15, 0.2) is 0 Å². The summed E-state index contributed by atoms with van der Waals surface area (Å²) in [6.45, 7) is 11.9. The van der Waals surface area contributed by atoms with Gasteiger partial charge in [-0.15, -0.1) is 37.2 Å². The lowest BCUT2D eigenvalue weighted by Crippen LogP contribution is -2.62. The van der Waals surface area contributed by atoms with Gasteiger partial charge < -0.3 is 41.0 Å². The van der Waals surface area contributed by atoms with Gasteiger partial charge in [-0.1, -0.05) is 36.4 Å². The summed E-state index contributed by atoms with van der Waals surface area (Å²) < 4.78 is 55.8.